The molecule has 1 spiro atoms. The number of aliphatic carboxylic acids is 1. The molecule has 0 saturated heterocycles. The zero-order chi connectivity index (χ0) is 21.0. The number of hydrogen-bond acceptors (Lipinski definition) is 5. The number of carboxylic acids is 1. The van der Waals surface area contributed by atoms with Crippen LogP contribution in [0.3, 0.4) is 0 Å². The first-order valence-corrected chi connectivity index (χ1v) is 11.0. The van der Waals surface area contributed by atoms with Gasteiger partial charge in [-0.25, -0.2) is 0 Å². The fourth-order valence-corrected chi connectivity index (χ4v) is 4.99. The lowest BCUT2D eigenvalue weighted by Gasteiger charge is -2.52. The Morgan fingerprint density at radius 3 is 2.34 bits per heavy atom. The molecule has 0 radical (unpaired) electrons. The van der Waals surface area contributed by atoms with Gasteiger partial charge in [0.05, 0.1) is 19.1 Å². The number of carboxylic acid groups (broad SMARTS) is 1. The van der Waals surface area contributed by atoms with Crippen LogP contribution in [0.25, 0.3) is 0 Å². The summed E-state index contributed by atoms with van der Waals surface area (Å²) in [5, 5.41) is 9.52. The van der Waals surface area contributed by atoms with Crippen molar-refractivity contribution < 1.29 is 19.4 Å². The lowest BCUT2D eigenvalue weighted by atomic mass is 9.68. The van der Waals surface area contributed by atoms with Crippen LogP contribution >= 0.6 is 0 Å². The Balaban J connectivity index is 2.01. The number of benzene rings is 1. The average molecular weight is 405 g/mol. The Bertz CT molecular complexity index is 711. The van der Waals surface area contributed by atoms with E-state index < -0.39 is 5.97 Å². The second-order valence-corrected chi connectivity index (χ2v) is 8.51. The van der Waals surface area contributed by atoms with Crippen molar-refractivity contribution in [1.29, 1.82) is 0 Å². The zero-order valence-corrected chi connectivity index (χ0v) is 18.4. The molecule has 0 bridgehead atoms. The van der Waals surface area contributed by atoms with Gasteiger partial charge in [-0.05, 0) is 83.3 Å². The number of rotatable bonds is 8. The standard InChI is InChI=1S/C23H36N2O4/c1-5-28-20-15-18-9-12-25(14-13-24(3)4)23(19(18)16-21(20)29-6-2)10-7-17(8-11-23)22(26)27/h15-17H,5-14H2,1-4H3,(H,26,27)/t17-,23+. The first-order valence-electron chi connectivity index (χ1n) is 11.0. The first kappa shape index (κ1) is 21.9. The minimum atomic E-state index is -0.655. The van der Waals surface area contributed by atoms with E-state index in [2.05, 4.69) is 36.0 Å². The van der Waals surface area contributed by atoms with Crippen LogP contribution in [0.1, 0.15) is 50.7 Å². The van der Waals surface area contributed by atoms with Gasteiger partial charge in [-0.2, -0.15) is 0 Å². The van der Waals surface area contributed by atoms with E-state index >= 15 is 0 Å². The highest BCUT2D eigenvalue weighted by Gasteiger charge is 2.46. The molecular formula is C23H36N2O4. The largest absolute Gasteiger partial charge is 0.490 e. The van der Waals surface area contributed by atoms with Crippen LogP contribution in [0.2, 0.25) is 0 Å². The number of fused-ring (bicyclic) bond motifs is 2. The molecule has 1 aliphatic carbocycles. The molecule has 0 amide bonds. The maximum Gasteiger partial charge on any atom is 0.306 e. The van der Waals surface area contributed by atoms with Gasteiger partial charge in [0.1, 0.15) is 0 Å². The molecule has 1 fully saturated rings. The molecule has 0 aromatic heterocycles. The molecule has 2 aliphatic rings. The molecule has 0 unspecified atom stereocenters. The molecule has 3 rings (SSSR count). The van der Waals surface area contributed by atoms with Crippen LogP contribution in [0, 0.1) is 5.92 Å². The van der Waals surface area contributed by atoms with Crippen molar-refractivity contribution in [3.63, 3.8) is 0 Å². The van der Waals surface area contributed by atoms with Crippen molar-refractivity contribution in [1.82, 2.24) is 9.80 Å². The smallest absolute Gasteiger partial charge is 0.306 e. The summed E-state index contributed by atoms with van der Waals surface area (Å²) in [6.07, 6.45) is 4.20. The Morgan fingerprint density at radius 1 is 1.17 bits per heavy atom. The summed E-state index contributed by atoms with van der Waals surface area (Å²) >= 11 is 0. The number of carbonyl (C=O) groups is 1. The molecule has 1 heterocycles. The molecule has 6 nitrogen and oxygen atoms in total. The molecule has 1 saturated carbocycles. The van der Waals surface area contributed by atoms with Gasteiger partial charge < -0.3 is 19.5 Å². The highest BCUT2D eigenvalue weighted by atomic mass is 16.5. The van der Waals surface area contributed by atoms with Gasteiger partial charge in [0.25, 0.3) is 0 Å². The molecule has 1 aromatic rings. The highest BCUT2D eigenvalue weighted by molar-refractivity contribution is 5.70. The van der Waals surface area contributed by atoms with Gasteiger partial charge in [0, 0.05) is 25.2 Å². The van der Waals surface area contributed by atoms with Crippen molar-refractivity contribution in [3.8, 4) is 11.5 Å². The van der Waals surface area contributed by atoms with Crippen molar-refractivity contribution in [3.05, 3.63) is 23.3 Å². The van der Waals surface area contributed by atoms with E-state index in [1.54, 1.807) is 0 Å². The SMILES string of the molecule is CCOc1cc2c(cc1OCC)[C@]1(CC[C@H](C(=O)O)CC1)N(CCN(C)C)CC2. The van der Waals surface area contributed by atoms with Gasteiger partial charge in [-0.1, -0.05) is 0 Å². The van der Waals surface area contributed by atoms with Crippen LogP contribution in [0.5, 0.6) is 11.5 Å². The van der Waals surface area contributed by atoms with E-state index in [1.807, 2.05) is 13.8 Å². The summed E-state index contributed by atoms with van der Waals surface area (Å²) in [5.41, 5.74) is 2.54. The molecule has 1 N–H and O–H groups in total. The minimum Gasteiger partial charge on any atom is -0.490 e. The summed E-state index contributed by atoms with van der Waals surface area (Å²) in [6, 6.07) is 4.35. The van der Waals surface area contributed by atoms with Gasteiger partial charge in [-0.15, -0.1) is 0 Å². The summed E-state index contributed by atoms with van der Waals surface area (Å²) in [7, 11) is 4.21. The normalized spacial score (nSPS) is 24.5. The number of likely N-dealkylation sites (N-methyl/N-ethyl adjacent to an activating group) is 1. The molecule has 29 heavy (non-hydrogen) atoms. The van der Waals surface area contributed by atoms with E-state index in [9.17, 15) is 9.90 Å². The fourth-order valence-electron chi connectivity index (χ4n) is 4.99. The van der Waals surface area contributed by atoms with Crippen LogP contribution < -0.4 is 9.47 Å². The highest BCUT2D eigenvalue weighted by Crippen LogP contribution is 2.50. The van der Waals surface area contributed by atoms with E-state index in [1.165, 1.54) is 11.1 Å². The molecule has 1 aliphatic heterocycles. The van der Waals surface area contributed by atoms with Gasteiger partial charge in [0.2, 0.25) is 0 Å². The van der Waals surface area contributed by atoms with Crippen molar-refractivity contribution in [2.45, 2.75) is 51.5 Å². The third-order valence-corrected chi connectivity index (χ3v) is 6.51. The van der Waals surface area contributed by atoms with Crippen LogP contribution in [0.4, 0.5) is 0 Å². The van der Waals surface area contributed by atoms with Gasteiger partial charge in [-0.3, -0.25) is 9.69 Å². The predicted octanol–water partition coefficient (Wildman–Crippen LogP) is 3.37. The van der Waals surface area contributed by atoms with Gasteiger partial charge >= 0.3 is 5.97 Å². The second-order valence-electron chi connectivity index (χ2n) is 8.51. The summed E-state index contributed by atoms with van der Waals surface area (Å²) in [6.45, 7) is 8.17. The Kier molecular flexibility index (Phi) is 7.06. The zero-order valence-electron chi connectivity index (χ0n) is 18.4. The lowest BCUT2D eigenvalue weighted by Crippen LogP contribution is -2.54. The Hall–Kier alpha value is -1.79. The topological polar surface area (TPSA) is 62.2 Å². The third-order valence-electron chi connectivity index (χ3n) is 6.51. The fraction of sp³-hybridized carbons (Fsp3) is 0.696. The summed E-state index contributed by atoms with van der Waals surface area (Å²) < 4.78 is 11.8. The van der Waals surface area contributed by atoms with Crippen LogP contribution in [-0.2, 0) is 16.8 Å². The molecule has 1 aromatic carbocycles. The van der Waals surface area contributed by atoms with Crippen molar-refractivity contribution >= 4 is 5.97 Å². The molecule has 162 valence electrons. The number of hydrogen-bond donors (Lipinski definition) is 1. The number of nitrogens with zero attached hydrogens (tertiary/aromatic N) is 2. The maximum atomic E-state index is 11.6. The third kappa shape index (κ3) is 4.53. The molecular weight excluding hydrogens is 368 g/mol. The minimum absolute atomic E-state index is 0.105. The summed E-state index contributed by atoms with van der Waals surface area (Å²) in [4.78, 5) is 16.4. The predicted molar refractivity (Wildman–Crippen MR) is 114 cm³/mol. The number of ether oxygens (including phenoxy) is 2. The van der Waals surface area contributed by atoms with E-state index in [4.69, 9.17) is 9.47 Å². The maximum absolute atomic E-state index is 11.6. The lowest BCUT2D eigenvalue weighted by molar-refractivity contribution is -0.144. The van der Waals surface area contributed by atoms with Gasteiger partial charge in [0.15, 0.2) is 11.5 Å². The van der Waals surface area contributed by atoms with Crippen molar-refractivity contribution in [2.24, 2.45) is 5.92 Å². The average Bonchev–Trinajstić information content (AvgIpc) is 2.69. The quantitative estimate of drug-likeness (QED) is 0.717. The monoisotopic (exact) mass is 404 g/mol. The Morgan fingerprint density at radius 2 is 1.79 bits per heavy atom. The van der Waals surface area contributed by atoms with E-state index in [0.29, 0.717) is 13.2 Å². The first-order chi connectivity index (χ1) is 13.9. The van der Waals surface area contributed by atoms with Crippen LogP contribution in [0.15, 0.2) is 12.1 Å². The summed E-state index contributed by atoms with van der Waals surface area (Å²) in [5.74, 6) is 0.750. The van der Waals surface area contributed by atoms with E-state index in [0.717, 1.165) is 63.2 Å². The van der Waals surface area contributed by atoms with Crippen molar-refractivity contribution in [2.75, 3.05) is 46.9 Å². The molecule has 6 heteroatoms. The second kappa shape index (κ2) is 9.35. The molecule has 0 atom stereocenters. The van der Waals surface area contributed by atoms with E-state index in [-0.39, 0.29) is 11.5 Å². The Labute approximate surface area is 174 Å². The van der Waals surface area contributed by atoms with Crippen LogP contribution in [-0.4, -0.2) is 67.8 Å².